The SMILES string of the molecule is NC(CC(=O)N[C@H](CCCC(=O)O)C(=O)O)C1CC1. The predicted octanol–water partition coefficient (Wildman–Crippen LogP) is -0.0619. The van der Waals surface area contributed by atoms with E-state index >= 15 is 0 Å². The van der Waals surface area contributed by atoms with Crippen LogP contribution >= 0.6 is 0 Å². The fourth-order valence-electron chi connectivity index (χ4n) is 1.87. The maximum atomic E-state index is 11.6. The summed E-state index contributed by atoms with van der Waals surface area (Å²) < 4.78 is 0. The van der Waals surface area contributed by atoms with Gasteiger partial charge in [0.25, 0.3) is 0 Å². The highest BCUT2D eigenvalue weighted by Gasteiger charge is 2.30. The summed E-state index contributed by atoms with van der Waals surface area (Å²) in [4.78, 5) is 32.9. The van der Waals surface area contributed by atoms with Crippen LogP contribution in [-0.4, -0.2) is 40.1 Å². The van der Waals surface area contributed by atoms with Gasteiger partial charge in [0, 0.05) is 18.9 Å². The molecule has 0 aromatic rings. The van der Waals surface area contributed by atoms with Crippen LogP contribution in [0.1, 0.15) is 38.5 Å². The molecule has 1 amide bonds. The number of aliphatic carboxylic acids is 2. The standard InChI is InChI=1S/C12H20N2O5/c13-8(7-4-5-7)6-10(15)14-9(12(18)19)2-1-3-11(16)17/h7-9H,1-6,13H2,(H,14,15)(H,16,17)(H,18,19)/t8?,9-/m1/s1. The molecule has 0 aromatic carbocycles. The van der Waals surface area contributed by atoms with Crippen molar-refractivity contribution in [1.82, 2.24) is 5.32 Å². The van der Waals surface area contributed by atoms with E-state index in [1.807, 2.05) is 0 Å². The molecule has 0 aliphatic heterocycles. The van der Waals surface area contributed by atoms with Gasteiger partial charge in [-0.15, -0.1) is 0 Å². The third-order valence-electron chi connectivity index (χ3n) is 3.17. The third-order valence-corrected chi connectivity index (χ3v) is 3.17. The van der Waals surface area contributed by atoms with E-state index in [1.54, 1.807) is 0 Å². The van der Waals surface area contributed by atoms with E-state index in [4.69, 9.17) is 15.9 Å². The van der Waals surface area contributed by atoms with Crippen molar-refractivity contribution in [3.05, 3.63) is 0 Å². The number of amides is 1. The van der Waals surface area contributed by atoms with Gasteiger partial charge in [0.15, 0.2) is 0 Å². The lowest BCUT2D eigenvalue weighted by Crippen LogP contribution is -2.43. The zero-order chi connectivity index (χ0) is 14.4. The highest BCUT2D eigenvalue weighted by Crippen LogP contribution is 2.32. The van der Waals surface area contributed by atoms with Crippen LogP contribution in [0.2, 0.25) is 0 Å². The van der Waals surface area contributed by atoms with Gasteiger partial charge in [0.1, 0.15) is 6.04 Å². The second-order valence-electron chi connectivity index (χ2n) is 4.95. The summed E-state index contributed by atoms with van der Waals surface area (Å²) in [5.74, 6) is -2.15. The van der Waals surface area contributed by atoms with Gasteiger partial charge in [-0.25, -0.2) is 4.79 Å². The largest absolute Gasteiger partial charge is 0.481 e. The smallest absolute Gasteiger partial charge is 0.326 e. The van der Waals surface area contributed by atoms with Crippen molar-refractivity contribution >= 4 is 17.8 Å². The van der Waals surface area contributed by atoms with Crippen molar-refractivity contribution in [2.75, 3.05) is 0 Å². The molecule has 5 N–H and O–H groups in total. The molecule has 1 saturated carbocycles. The lowest BCUT2D eigenvalue weighted by Gasteiger charge is -2.16. The van der Waals surface area contributed by atoms with Crippen LogP contribution in [0.4, 0.5) is 0 Å². The van der Waals surface area contributed by atoms with Crippen molar-refractivity contribution in [3.63, 3.8) is 0 Å². The number of carboxylic acids is 2. The number of carboxylic acid groups (broad SMARTS) is 2. The highest BCUT2D eigenvalue weighted by molar-refractivity contribution is 5.83. The zero-order valence-electron chi connectivity index (χ0n) is 10.7. The molecule has 19 heavy (non-hydrogen) atoms. The molecular weight excluding hydrogens is 252 g/mol. The highest BCUT2D eigenvalue weighted by atomic mass is 16.4. The van der Waals surface area contributed by atoms with Gasteiger partial charge in [-0.05, 0) is 31.6 Å². The Morgan fingerprint density at radius 1 is 1.26 bits per heavy atom. The van der Waals surface area contributed by atoms with E-state index in [9.17, 15) is 14.4 Å². The molecule has 108 valence electrons. The van der Waals surface area contributed by atoms with Crippen LogP contribution in [0.3, 0.4) is 0 Å². The van der Waals surface area contributed by atoms with Crippen molar-refractivity contribution < 1.29 is 24.6 Å². The Bertz CT molecular complexity index is 354. The summed E-state index contributed by atoms with van der Waals surface area (Å²) in [6, 6.07) is -1.26. The van der Waals surface area contributed by atoms with Gasteiger partial charge in [-0.2, -0.15) is 0 Å². The molecule has 1 rings (SSSR count). The molecule has 7 heteroatoms. The number of nitrogens with two attached hydrogens (primary N) is 1. The van der Waals surface area contributed by atoms with E-state index in [0.717, 1.165) is 12.8 Å². The summed E-state index contributed by atoms with van der Waals surface area (Å²) >= 11 is 0. The van der Waals surface area contributed by atoms with Crippen LogP contribution in [0, 0.1) is 5.92 Å². The normalized spacial score (nSPS) is 17.5. The lowest BCUT2D eigenvalue weighted by molar-refractivity contribution is -0.142. The number of hydrogen-bond donors (Lipinski definition) is 4. The number of hydrogen-bond acceptors (Lipinski definition) is 4. The number of carbonyl (C=O) groups is 3. The summed E-state index contributed by atoms with van der Waals surface area (Å²) in [5, 5.41) is 19.8. The molecule has 0 aromatic heterocycles. The first-order valence-corrected chi connectivity index (χ1v) is 6.39. The van der Waals surface area contributed by atoms with Crippen LogP contribution in [-0.2, 0) is 14.4 Å². The van der Waals surface area contributed by atoms with Gasteiger partial charge in [-0.1, -0.05) is 0 Å². The Kier molecular flexibility index (Phi) is 5.75. The fourth-order valence-corrected chi connectivity index (χ4v) is 1.87. The van der Waals surface area contributed by atoms with E-state index in [-0.39, 0.29) is 37.6 Å². The van der Waals surface area contributed by atoms with Crippen molar-refractivity contribution in [2.45, 2.75) is 50.6 Å². The molecule has 0 spiro atoms. The molecule has 0 heterocycles. The van der Waals surface area contributed by atoms with Crippen molar-refractivity contribution in [1.29, 1.82) is 0 Å². The van der Waals surface area contributed by atoms with Gasteiger partial charge in [-0.3, -0.25) is 9.59 Å². The quantitative estimate of drug-likeness (QED) is 0.465. The minimum atomic E-state index is -1.15. The summed E-state index contributed by atoms with van der Waals surface area (Å²) in [6.07, 6.45) is 2.37. The minimum absolute atomic E-state index is 0.103. The maximum Gasteiger partial charge on any atom is 0.326 e. The van der Waals surface area contributed by atoms with Gasteiger partial charge in [0.05, 0.1) is 0 Å². The van der Waals surface area contributed by atoms with Crippen molar-refractivity contribution in [3.8, 4) is 0 Å². The number of nitrogens with one attached hydrogen (secondary N) is 1. The summed E-state index contributed by atoms with van der Waals surface area (Å²) in [7, 11) is 0. The molecule has 0 saturated heterocycles. The van der Waals surface area contributed by atoms with E-state index in [1.165, 1.54) is 0 Å². The first-order chi connectivity index (χ1) is 8.90. The number of rotatable bonds is 9. The first kappa shape index (κ1) is 15.4. The lowest BCUT2D eigenvalue weighted by atomic mass is 10.1. The second kappa shape index (κ2) is 7.08. The average molecular weight is 272 g/mol. The molecule has 1 aliphatic rings. The second-order valence-corrected chi connectivity index (χ2v) is 4.95. The van der Waals surface area contributed by atoms with Crippen molar-refractivity contribution in [2.24, 2.45) is 11.7 Å². The molecule has 0 bridgehead atoms. The van der Waals surface area contributed by atoms with Gasteiger partial charge < -0.3 is 21.3 Å². The predicted molar refractivity (Wildman–Crippen MR) is 66.4 cm³/mol. The Morgan fingerprint density at radius 2 is 1.89 bits per heavy atom. The van der Waals surface area contributed by atoms with Crippen LogP contribution in [0.15, 0.2) is 0 Å². The monoisotopic (exact) mass is 272 g/mol. The molecular formula is C12H20N2O5. The van der Waals surface area contributed by atoms with Gasteiger partial charge in [0.2, 0.25) is 5.91 Å². The Balaban J connectivity index is 2.32. The third kappa shape index (κ3) is 6.19. The van der Waals surface area contributed by atoms with Crippen LogP contribution in [0.5, 0.6) is 0 Å². The fraction of sp³-hybridized carbons (Fsp3) is 0.750. The van der Waals surface area contributed by atoms with E-state index < -0.39 is 18.0 Å². The van der Waals surface area contributed by atoms with Gasteiger partial charge >= 0.3 is 11.9 Å². The molecule has 0 radical (unpaired) electrons. The van der Waals surface area contributed by atoms with E-state index in [0.29, 0.717) is 5.92 Å². The topological polar surface area (TPSA) is 130 Å². The van der Waals surface area contributed by atoms with Crippen LogP contribution < -0.4 is 11.1 Å². The molecule has 2 atom stereocenters. The summed E-state index contributed by atoms with van der Waals surface area (Å²) in [6.45, 7) is 0. The molecule has 1 fully saturated rings. The minimum Gasteiger partial charge on any atom is -0.481 e. The molecule has 1 unspecified atom stereocenters. The Hall–Kier alpha value is -1.63. The summed E-state index contributed by atoms with van der Waals surface area (Å²) in [5.41, 5.74) is 5.79. The number of carbonyl (C=O) groups excluding carboxylic acids is 1. The maximum absolute atomic E-state index is 11.6. The Labute approximate surface area is 111 Å². The first-order valence-electron chi connectivity index (χ1n) is 6.39. The molecule has 1 aliphatic carbocycles. The van der Waals surface area contributed by atoms with Crippen LogP contribution in [0.25, 0.3) is 0 Å². The Morgan fingerprint density at radius 3 is 2.37 bits per heavy atom. The van der Waals surface area contributed by atoms with E-state index in [2.05, 4.69) is 5.32 Å². The average Bonchev–Trinajstić information content (AvgIpc) is 3.10. The zero-order valence-corrected chi connectivity index (χ0v) is 10.7. The molecule has 7 nitrogen and oxygen atoms in total.